The summed E-state index contributed by atoms with van der Waals surface area (Å²) in [4.78, 5) is 111. The van der Waals surface area contributed by atoms with E-state index >= 15 is 0 Å². The molecule has 1 saturated heterocycles. The lowest BCUT2D eigenvalue weighted by molar-refractivity contribution is -0.138. The zero-order valence-corrected chi connectivity index (χ0v) is 47.6. The summed E-state index contributed by atoms with van der Waals surface area (Å²) in [6, 6.07) is -1.11. The van der Waals surface area contributed by atoms with Crippen molar-refractivity contribution < 1.29 is 110 Å². The van der Waals surface area contributed by atoms with Crippen LogP contribution in [0.1, 0.15) is 71.4 Å². The normalized spacial score (nSPS) is 20.7. The monoisotopic (exact) mass is 1230 g/mol. The Hall–Kier alpha value is -4.31. The highest BCUT2D eigenvalue weighted by Gasteiger charge is 2.50. The molecular formula is C44H69N8O23P3S2. The van der Waals surface area contributed by atoms with Gasteiger partial charge in [-0.05, 0) is 32.1 Å². The summed E-state index contributed by atoms with van der Waals surface area (Å²) in [7, 11) is -16.5. The van der Waals surface area contributed by atoms with Crippen LogP contribution in [0.15, 0.2) is 61.3 Å². The van der Waals surface area contributed by atoms with Gasteiger partial charge in [-0.2, -0.15) is 4.31 Å². The molecule has 2 aromatic heterocycles. The van der Waals surface area contributed by atoms with Crippen LogP contribution in [0.3, 0.4) is 0 Å². The summed E-state index contributed by atoms with van der Waals surface area (Å²) in [5.74, 6) is -3.51. The maximum Gasteiger partial charge on any atom is 0.481 e. The molecule has 0 bridgehead atoms. The Morgan fingerprint density at radius 1 is 0.912 bits per heavy atom. The van der Waals surface area contributed by atoms with Gasteiger partial charge in [0.1, 0.15) is 42.3 Å². The first-order valence-electron chi connectivity index (χ1n) is 24.3. The van der Waals surface area contributed by atoms with Crippen LogP contribution < -0.4 is 22.1 Å². The van der Waals surface area contributed by atoms with Gasteiger partial charge in [0.2, 0.25) is 11.8 Å². The highest BCUT2D eigenvalue weighted by atomic mass is 32.2. The van der Waals surface area contributed by atoms with Crippen molar-refractivity contribution in [1.29, 1.82) is 0 Å². The van der Waals surface area contributed by atoms with Crippen molar-refractivity contribution >= 4 is 92.8 Å². The van der Waals surface area contributed by atoms with Crippen molar-refractivity contribution in [1.82, 2.24) is 30.2 Å². The van der Waals surface area contributed by atoms with Gasteiger partial charge >= 0.3 is 35.4 Å². The summed E-state index contributed by atoms with van der Waals surface area (Å²) >= 11 is 2.07. The lowest BCUT2D eigenvalue weighted by Gasteiger charge is -2.30. The number of carbonyl (C=O) groups excluding carboxylic acids is 3. The number of aliphatic hydroxyl groups excluding tert-OH is 4. The molecule has 1 aliphatic rings. The number of hydrogen-bond acceptors (Lipinski definition) is 24. The van der Waals surface area contributed by atoms with E-state index in [0.29, 0.717) is 19.3 Å². The minimum Gasteiger partial charge on any atom is -0.481 e. The summed E-state index contributed by atoms with van der Waals surface area (Å²) in [5.41, 5.74) is 9.76. The number of fused-ring (bicyclic) bond motifs is 1. The number of nitrogens with two attached hydrogens (primary N) is 2. The molecule has 1 aliphatic heterocycles. The highest BCUT2D eigenvalue weighted by Crippen LogP contribution is 2.61. The van der Waals surface area contributed by atoms with Crippen molar-refractivity contribution in [2.24, 2.45) is 11.1 Å². The number of thioether (sulfide) groups is 2. The third-order valence-corrected chi connectivity index (χ3v) is 16.5. The molecule has 0 saturated carbocycles. The lowest BCUT2D eigenvalue weighted by atomic mass is 9.87. The fraction of sp³-hybridized carbons (Fsp3) is 0.591. The van der Waals surface area contributed by atoms with E-state index in [2.05, 4.69) is 34.4 Å². The molecule has 11 atom stereocenters. The number of phosphoric acid groups is 3. The molecule has 1 fully saturated rings. The molecule has 36 heteroatoms. The van der Waals surface area contributed by atoms with E-state index in [9.17, 15) is 77.7 Å². The maximum absolute atomic E-state index is 12.8. The van der Waals surface area contributed by atoms with Gasteiger partial charge in [-0.25, -0.2) is 28.6 Å². The van der Waals surface area contributed by atoms with Gasteiger partial charge in [0, 0.05) is 54.5 Å². The van der Waals surface area contributed by atoms with Crippen molar-refractivity contribution in [3.05, 3.63) is 61.3 Å². The number of anilines is 1. The first kappa shape index (κ1) is 70.0. The van der Waals surface area contributed by atoms with Gasteiger partial charge in [0.15, 0.2) is 22.8 Å². The largest absolute Gasteiger partial charge is 0.481 e. The molecule has 2 aromatic rings. The molecule has 80 heavy (non-hydrogen) atoms. The number of aromatic nitrogens is 4. The second kappa shape index (κ2) is 33.7. The number of imidazole rings is 1. The SMILES string of the molecule is CC(C)(COP(=O)(O)OP(=O)(O)OC[C@H]1O[C@@H](n2cnc3c(N)ncnc32)[C@@H](O)[C@H]1OP(=O)(O)O)C(O)C(=O)NCCC(=O)NCCSC(=O)C[C@H](O)CC/C=C\C\C=C/C=C\C=C\[C@@H](SC[C@@H](N)C(=O)O)[C@@H](O)CCCC(=O)O. The van der Waals surface area contributed by atoms with E-state index in [1.54, 1.807) is 30.4 Å². The second-order valence-corrected chi connectivity index (χ2v) is 24.8. The Morgan fingerprint density at radius 3 is 2.30 bits per heavy atom. The fourth-order valence-electron chi connectivity index (χ4n) is 6.90. The average molecular weight is 1240 g/mol. The molecule has 0 spiro atoms. The number of carboxylic acid groups (broad SMARTS) is 2. The Labute approximate surface area is 467 Å². The third-order valence-electron chi connectivity index (χ3n) is 11.1. The zero-order valence-electron chi connectivity index (χ0n) is 43.3. The van der Waals surface area contributed by atoms with Crippen LogP contribution >= 0.6 is 47.0 Å². The van der Waals surface area contributed by atoms with Crippen LogP contribution in [-0.2, 0) is 60.3 Å². The van der Waals surface area contributed by atoms with Crippen LogP contribution in [-0.4, -0.2) is 184 Å². The Balaban J connectivity index is 1.31. The third kappa shape index (κ3) is 25.9. The predicted molar refractivity (Wildman–Crippen MR) is 287 cm³/mol. The summed E-state index contributed by atoms with van der Waals surface area (Å²) < 4.78 is 62.4. The van der Waals surface area contributed by atoms with E-state index in [-0.39, 0.29) is 78.8 Å². The topological polar surface area (TPSA) is 505 Å². The minimum absolute atomic E-state index is 0.0112. The van der Waals surface area contributed by atoms with Crippen LogP contribution in [0, 0.1) is 5.41 Å². The molecule has 0 radical (unpaired) electrons. The van der Waals surface area contributed by atoms with Crippen molar-refractivity contribution in [2.45, 2.75) is 119 Å². The number of allylic oxidation sites excluding steroid dienone is 7. The van der Waals surface area contributed by atoms with Crippen molar-refractivity contribution in [3.8, 4) is 0 Å². The standard InChI is InChI=1S/C44H69N8O23P3S2/c1-44(2,24-72-78(69,70)75-77(67,68)71-22-30-37(74-76(64,65)66)36(59)42(73-30)52-26-51-35-39(46)49-25-50-40(35)52)38(60)41(61)48-18-17-32(55)47-19-20-79-34(58)21-27(53)13-10-8-6-4-3-5-7-9-11-15-31(80-23-28(45)43(62)63)29(54)14-12-16-33(56)57/h3,5-9,11,15,25-31,36-38,42,53-54,59-60H,4,10,12-14,16-24,45H2,1-2H3,(H,47,55)(H,48,61)(H,56,57)(H,62,63)(H,67,68)(H,69,70)(H2,46,49,50)(H2,64,65,66)/b5-3-,8-6-,9-7-,15-11+/t27-,28-,29+,30-,31-,36+,37+,38?,42-/m1/s1. The molecular weight excluding hydrogens is 1170 g/mol. The van der Waals surface area contributed by atoms with Gasteiger partial charge in [0.05, 0.1) is 31.7 Å². The number of ether oxygens (including phenoxy) is 1. The van der Waals surface area contributed by atoms with Crippen molar-refractivity contribution in [3.63, 3.8) is 0 Å². The fourth-order valence-corrected chi connectivity index (χ4v) is 11.6. The van der Waals surface area contributed by atoms with E-state index in [4.69, 9.17) is 35.5 Å². The van der Waals surface area contributed by atoms with E-state index < -0.39 is 120 Å². The van der Waals surface area contributed by atoms with E-state index in [0.717, 1.165) is 40.7 Å². The van der Waals surface area contributed by atoms with Crippen LogP contribution in [0.25, 0.3) is 11.2 Å². The molecule has 2 amide bonds. The number of carbonyl (C=O) groups is 5. The zero-order chi connectivity index (χ0) is 59.8. The van der Waals surface area contributed by atoms with Gasteiger partial charge in [-0.3, -0.25) is 42.1 Å². The summed E-state index contributed by atoms with van der Waals surface area (Å²) in [6.45, 7) is 0.161. The van der Waals surface area contributed by atoms with Gasteiger partial charge in [-0.1, -0.05) is 74.2 Å². The molecule has 450 valence electrons. The van der Waals surface area contributed by atoms with Crippen molar-refractivity contribution in [2.75, 3.05) is 43.5 Å². The number of phosphoric ester groups is 3. The first-order valence-corrected chi connectivity index (χ1v) is 30.8. The highest BCUT2D eigenvalue weighted by molar-refractivity contribution is 8.13. The van der Waals surface area contributed by atoms with Gasteiger partial charge in [0.25, 0.3) is 0 Å². The van der Waals surface area contributed by atoms with Crippen LogP contribution in [0.4, 0.5) is 5.82 Å². The van der Waals surface area contributed by atoms with Gasteiger partial charge in [-0.15, -0.1) is 11.8 Å². The number of rotatable bonds is 38. The Bertz CT molecular complexity index is 2640. The van der Waals surface area contributed by atoms with Gasteiger partial charge < -0.3 is 77.1 Å². The molecule has 0 aromatic carbocycles. The van der Waals surface area contributed by atoms with E-state index in [1.807, 2.05) is 18.2 Å². The molecule has 0 aliphatic carbocycles. The first-order chi connectivity index (χ1) is 37.4. The van der Waals surface area contributed by atoms with Crippen LogP contribution in [0.2, 0.25) is 0 Å². The molecule has 3 unspecified atom stereocenters. The number of hydrogen-bond donors (Lipinski definition) is 14. The second-order valence-electron chi connectivity index (χ2n) is 18.2. The number of nitrogen functional groups attached to an aromatic ring is 1. The molecule has 31 nitrogen and oxygen atoms in total. The Morgan fingerprint density at radius 2 is 1.61 bits per heavy atom. The Kier molecular flexibility index (Phi) is 29.5. The predicted octanol–water partition coefficient (Wildman–Crippen LogP) is 0.940. The smallest absolute Gasteiger partial charge is 0.481 e. The number of aliphatic carboxylic acids is 2. The lowest BCUT2D eigenvalue weighted by Crippen LogP contribution is -2.46. The molecule has 16 N–H and O–H groups in total. The number of aliphatic hydroxyl groups is 4. The number of carboxylic acids is 2. The number of nitrogens with zero attached hydrogens (tertiary/aromatic N) is 4. The summed E-state index contributed by atoms with van der Waals surface area (Å²) in [5, 5.41) is 64.4. The number of nitrogens with one attached hydrogen (secondary N) is 2. The number of amides is 2. The summed E-state index contributed by atoms with van der Waals surface area (Å²) in [6.07, 6.45) is 6.97. The maximum atomic E-state index is 12.8. The average Bonchev–Trinajstić information content (AvgIpc) is 3.96. The molecule has 3 heterocycles. The van der Waals surface area contributed by atoms with Crippen LogP contribution in [0.5, 0.6) is 0 Å². The minimum atomic E-state index is -5.62. The molecule has 3 rings (SSSR count). The quantitative estimate of drug-likeness (QED) is 0.0192. The van der Waals surface area contributed by atoms with E-state index in [1.165, 1.54) is 13.8 Å².